The van der Waals surface area contributed by atoms with Crippen LogP contribution in [0.25, 0.3) is 0 Å². The molecule has 2 rings (SSSR count). The molecule has 0 aromatic rings. The number of hydrogen-bond acceptors (Lipinski definition) is 3. The van der Waals surface area contributed by atoms with E-state index >= 15 is 0 Å². The molecule has 0 saturated heterocycles. The van der Waals surface area contributed by atoms with E-state index in [9.17, 15) is 4.79 Å². The highest BCUT2D eigenvalue weighted by atomic mass is 16.5. The van der Waals surface area contributed by atoms with Gasteiger partial charge in [-0.25, -0.2) is 0 Å². The minimum absolute atomic E-state index is 0.0388. The third-order valence-corrected chi connectivity index (χ3v) is 5.11. The van der Waals surface area contributed by atoms with Crippen LogP contribution < -0.4 is 5.73 Å². The Hall–Kier alpha value is -0.570. The van der Waals surface area contributed by atoms with E-state index in [0.717, 1.165) is 38.0 Å². The predicted octanol–water partition coefficient (Wildman–Crippen LogP) is 3.26. The Morgan fingerprint density at radius 2 is 1.95 bits per heavy atom. The molecule has 0 radical (unpaired) electrons. The number of hydrogen-bond donors (Lipinski definition) is 1. The van der Waals surface area contributed by atoms with E-state index in [1.54, 1.807) is 0 Å². The normalized spacial score (nSPS) is 35.9. The number of ether oxygens (including phenoxy) is 1. The van der Waals surface area contributed by atoms with Crippen molar-refractivity contribution in [3.05, 3.63) is 0 Å². The monoisotopic (exact) mass is 267 g/mol. The van der Waals surface area contributed by atoms with Gasteiger partial charge in [-0.05, 0) is 50.5 Å². The van der Waals surface area contributed by atoms with Crippen LogP contribution >= 0.6 is 0 Å². The summed E-state index contributed by atoms with van der Waals surface area (Å²) >= 11 is 0. The van der Waals surface area contributed by atoms with E-state index in [1.807, 2.05) is 0 Å². The molecular weight excluding hydrogens is 238 g/mol. The van der Waals surface area contributed by atoms with Crippen molar-refractivity contribution >= 4 is 5.97 Å². The highest BCUT2D eigenvalue weighted by Gasteiger charge is 2.33. The number of carbonyl (C=O) groups is 1. The van der Waals surface area contributed by atoms with E-state index in [-0.39, 0.29) is 18.0 Å². The van der Waals surface area contributed by atoms with Crippen molar-refractivity contribution in [1.82, 2.24) is 0 Å². The van der Waals surface area contributed by atoms with Gasteiger partial charge in [-0.1, -0.05) is 32.6 Å². The van der Waals surface area contributed by atoms with Gasteiger partial charge in [0.1, 0.15) is 6.10 Å². The summed E-state index contributed by atoms with van der Waals surface area (Å²) in [5, 5.41) is 0. The summed E-state index contributed by atoms with van der Waals surface area (Å²) in [7, 11) is 0. The number of esters is 1. The first kappa shape index (κ1) is 14.8. The second kappa shape index (κ2) is 7.28. The van der Waals surface area contributed by atoms with Crippen molar-refractivity contribution in [3.8, 4) is 0 Å². The fourth-order valence-corrected chi connectivity index (χ4v) is 3.77. The van der Waals surface area contributed by atoms with Gasteiger partial charge in [0.15, 0.2) is 0 Å². The van der Waals surface area contributed by atoms with Crippen molar-refractivity contribution in [1.29, 1.82) is 0 Å². The van der Waals surface area contributed by atoms with Crippen LogP contribution in [0.3, 0.4) is 0 Å². The topological polar surface area (TPSA) is 52.3 Å². The van der Waals surface area contributed by atoms with E-state index in [0.29, 0.717) is 12.5 Å². The molecule has 3 heteroatoms. The Bertz CT molecular complexity index is 292. The first-order chi connectivity index (χ1) is 9.24. The summed E-state index contributed by atoms with van der Waals surface area (Å²) in [6.07, 6.45) is 10.5. The largest absolute Gasteiger partial charge is 0.462 e. The summed E-state index contributed by atoms with van der Waals surface area (Å²) in [5.74, 6) is 1.22. The Kier molecular flexibility index (Phi) is 5.68. The van der Waals surface area contributed by atoms with Crippen molar-refractivity contribution in [2.45, 2.75) is 70.8 Å². The molecule has 19 heavy (non-hydrogen) atoms. The second-order valence-electron chi connectivity index (χ2n) is 6.39. The molecular formula is C16H29NO2. The molecule has 0 bridgehead atoms. The number of carbonyl (C=O) groups excluding carboxylic acids is 1. The molecule has 2 N–H and O–H groups in total. The van der Waals surface area contributed by atoms with Gasteiger partial charge in [0.2, 0.25) is 0 Å². The SMILES string of the molecule is CCC1CCCC(OC(=O)C2CCCCC2CN)C1. The van der Waals surface area contributed by atoms with Gasteiger partial charge in [-0.3, -0.25) is 4.79 Å². The van der Waals surface area contributed by atoms with Crippen molar-refractivity contribution in [2.75, 3.05) is 6.54 Å². The van der Waals surface area contributed by atoms with Gasteiger partial charge in [0, 0.05) is 0 Å². The summed E-state index contributed by atoms with van der Waals surface area (Å²) in [6, 6.07) is 0. The lowest BCUT2D eigenvalue weighted by Gasteiger charge is -2.33. The Balaban J connectivity index is 1.85. The smallest absolute Gasteiger partial charge is 0.309 e. The summed E-state index contributed by atoms with van der Waals surface area (Å²) in [5.41, 5.74) is 5.80. The van der Waals surface area contributed by atoms with Crippen LogP contribution in [0.2, 0.25) is 0 Å². The van der Waals surface area contributed by atoms with Crippen molar-refractivity contribution in [2.24, 2.45) is 23.5 Å². The second-order valence-corrected chi connectivity index (χ2v) is 6.39. The van der Waals surface area contributed by atoms with E-state index in [2.05, 4.69) is 6.92 Å². The van der Waals surface area contributed by atoms with Crippen LogP contribution in [0.1, 0.15) is 64.7 Å². The lowest BCUT2D eigenvalue weighted by atomic mass is 9.79. The van der Waals surface area contributed by atoms with Gasteiger partial charge in [-0.15, -0.1) is 0 Å². The zero-order chi connectivity index (χ0) is 13.7. The Morgan fingerprint density at radius 3 is 2.68 bits per heavy atom. The molecule has 110 valence electrons. The molecule has 0 amide bonds. The summed E-state index contributed by atoms with van der Waals surface area (Å²) in [4.78, 5) is 12.4. The summed E-state index contributed by atoms with van der Waals surface area (Å²) in [6.45, 7) is 2.86. The quantitative estimate of drug-likeness (QED) is 0.795. The maximum atomic E-state index is 12.4. The minimum Gasteiger partial charge on any atom is -0.462 e. The molecule has 0 aliphatic heterocycles. The van der Waals surface area contributed by atoms with Crippen LogP contribution in [-0.4, -0.2) is 18.6 Å². The van der Waals surface area contributed by atoms with Gasteiger partial charge in [0.05, 0.1) is 5.92 Å². The van der Waals surface area contributed by atoms with Gasteiger partial charge in [0.25, 0.3) is 0 Å². The average Bonchev–Trinajstić information content (AvgIpc) is 2.47. The van der Waals surface area contributed by atoms with E-state index in [1.165, 1.54) is 25.7 Å². The fourth-order valence-electron chi connectivity index (χ4n) is 3.77. The molecule has 2 saturated carbocycles. The van der Waals surface area contributed by atoms with Gasteiger partial charge < -0.3 is 10.5 Å². The Morgan fingerprint density at radius 1 is 1.16 bits per heavy atom. The van der Waals surface area contributed by atoms with Crippen LogP contribution in [0.4, 0.5) is 0 Å². The zero-order valence-electron chi connectivity index (χ0n) is 12.3. The maximum Gasteiger partial charge on any atom is 0.309 e. The maximum absolute atomic E-state index is 12.4. The molecule has 4 unspecified atom stereocenters. The lowest BCUT2D eigenvalue weighted by molar-refractivity contribution is -0.159. The molecule has 0 aromatic heterocycles. The third-order valence-electron chi connectivity index (χ3n) is 5.11. The first-order valence-corrected chi connectivity index (χ1v) is 8.15. The van der Waals surface area contributed by atoms with E-state index in [4.69, 9.17) is 10.5 Å². The molecule has 2 aliphatic rings. The molecule has 2 aliphatic carbocycles. The predicted molar refractivity (Wildman–Crippen MR) is 76.6 cm³/mol. The molecule has 0 heterocycles. The molecule has 4 atom stereocenters. The van der Waals surface area contributed by atoms with Gasteiger partial charge >= 0.3 is 5.97 Å². The minimum atomic E-state index is 0.0388. The van der Waals surface area contributed by atoms with E-state index < -0.39 is 0 Å². The molecule has 0 aromatic carbocycles. The van der Waals surface area contributed by atoms with Crippen LogP contribution in [0.5, 0.6) is 0 Å². The third kappa shape index (κ3) is 3.95. The molecule has 0 spiro atoms. The summed E-state index contributed by atoms with van der Waals surface area (Å²) < 4.78 is 5.80. The number of rotatable bonds is 4. The molecule has 3 nitrogen and oxygen atoms in total. The van der Waals surface area contributed by atoms with Crippen molar-refractivity contribution < 1.29 is 9.53 Å². The average molecular weight is 267 g/mol. The van der Waals surface area contributed by atoms with Crippen LogP contribution in [0, 0.1) is 17.8 Å². The Labute approximate surface area is 117 Å². The van der Waals surface area contributed by atoms with Crippen LogP contribution in [-0.2, 0) is 9.53 Å². The lowest BCUT2D eigenvalue weighted by Crippen LogP contribution is -2.36. The van der Waals surface area contributed by atoms with Crippen molar-refractivity contribution in [3.63, 3.8) is 0 Å². The molecule has 2 fully saturated rings. The highest BCUT2D eigenvalue weighted by Crippen LogP contribution is 2.33. The zero-order valence-corrected chi connectivity index (χ0v) is 12.3. The van der Waals surface area contributed by atoms with Gasteiger partial charge in [-0.2, -0.15) is 0 Å². The highest BCUT2D eigenvalue weighted by molar-refractivity contribution is 5.73. The fraction of sp³-hybridized carbons (Fsp3) is 0.938. The standard InChI is InChI=1S/C16H29NO2/c1-2-12-6-5-8-14(10-12)19-16(18)15-9-4-3-7-13(15)11-17/h12-15H,2-11,17H2,1H3. The first-order valence-electron chi connectivity index (χ1n) is 8.15. The van der Waals surface area contributed by atoms with Crippen LogP contribution in [0.15, 0.2) is 0 Å². The number of nitrogens with two attached hydrogens (primary N) is 1.